The van der Waals surface area contributed by atoms with Gasteiger partial charge in [-0.1, -0.05) is 6.07 Å². The van der Waals surface area contributed by atoms with E-state index in [1.165, 1.54) is 18.1 Å². The molecule has 0 saturated carbocycles. The van der Waals surface area contributed by atoms with Gasteiger partial charge < -0.3 is 14.4 Å². The zero-order valence-electron chi connectivity index (χ0n) is 14.0. The van der Waals surface area contributed by atoms with Crippen molar-refractivity contribution in [2.24, 2.45) is 0 Å². The van der Waals surface area contributed by atoms with Crippen molar-refractivity contribution in [3.63, 3.8) is 0 Å². The largest absolute Gasteiger partial charge is 0.469 e. The van der Waals surface area contributed by atoms with E-state index in [0.717, 1.165) is 37.1 Å². The number of rotatable bonds is 7. The molecule has 0 spiro atoms. The highest BCUT2D eigenvalue weighted by Gasteiger charge is 2.22. The molecule has 1 atom stereocenters. The highest BCUT2D eigenvalue weighted by Crippen LogP contribution is 2.16. The Balaban J connectivity index is 2.07. The molecule has 136 valence electrons. The summed E-state index contributed by atoms with van der Waals surface area (Å²) in [4.78, 5) is 25.2. The van der Waals surface area contributed by atoms with Crippen molar-refractivity contribution in [2.45, 2.75) is 25.4 Å². The Kier molecular flexibility index (Phi) is 7.06. The molecule has 1 unspecified atom stereocenters. The van der Waals surface area contributed by atoms with Gasteiger partial charge in [-0.25, -0.2) is 8.78 Å². The van der Waals surface area contributed by atoms with E-state index in [1.807, 2.05) is 0 Å². The van der Waals surface area contributed by atoms with Crippen molar-refractivity contribution < 1.29 is 27.8 Å². The van der Waals surface area contributed by atoms with Gasteiger partial charge in [0.15, 0.2) is 0 Å². The number of benzene rings is 1. The van der Waals surface area contributed by atoms with Crippen molar-refractivity contribution >= 4 is 18.0 Å². The minimum absolute atomic E-state index is 0.0386. The van der Waals surface area contributed by atoms with Crippen molar-refractivity contribution in [2.75, 3.05) is 26.8 Å². The van der Waals surface area contributed by atoms with Crippen LogP contribution in [-0.2, 0) is 19.1 Å². The second kappa shape index (κ2) is 9.27. The highest BCUT2D eigenvalue weighted by atomic mass is 19.1. The predicted molar refractivity (Wildman–Crippen MR) is 87.6 cm³/mol. The van der Waals surface area contributed by atoms with Crippen LogP contribution < -0.4 is 0 Å². The van der Waals surface area contributed by atoms with Crippen LogP contribution in [-0.4, -0.2) is 49.7 Å². The van der Waals surface area contributed by atoms with Crippen LogP contribution in [0.1, 0.15) is 24.8 Å². The van der Waals surface area contributed by atoms with Gasteiger partial charge in [0.05, 0.1) is 19.6 Å². The van der Waals surface area contributed by atoms with E-state index in [4.69, 9.17) is 4.74 Å². The van der Waals surface area contributed by atoms with Gasteiger partial charge in [0, 0.05) is 31.3 Å². The van der Waals surface area contributed by atoms with Crippen molar-refractivity contribution in [1.82, 2.24) is 4.90 Å². The van der Waals surface area contributed by atoms with E-state index in [1.54, 1.807) is 0 Å². The third kappa shape index (κ3) is 5.63. The van der Waals surface area contributed by atoms with Gasteiger partial charge in [0.25, 0.3) is 0 Å². The van der Waals surface area contributed by atoms with Gasteiger partial charge >= 0.3 is 5.97 Å². The van der Waals surface area contributed by atoms with Gasteiger partial charge in [-0.2, -0.15) is 0 Å². The van der Waals surface area contributed by atoms with E-state index < -0.39 is 23.5 Å². The molecule has 1 aromatic rings. The summed E-state index contributed by atoms with van der Waals surface area (Å²) in [6.07, 6.45) is 3.89. The van der Waals surface area contributed by atoms with Gasteiger partial charge in [-0.05, 0) is 31.1 Å². The predicted octanol–water partition coefficient (Wildman–Crippen LogP) is 2.55. The normalized spacial score (nSPS) is 17.0. The molecule has 0 aromatic heterocycles. The molecule has 1 fully saturated rings. The summed E-state index contributed by atoms with van der Waals surface area (Å²) in [7, 11) is 1.27. The number of amides is 1. The van der Waals surface area contributed by atoms with Crippen LogP contribution in [0.15, 0.2) is 24.3 Å². The molecule has 0 aliphatic carbocycles. The summed E-state index contributed by atoms with van der Waals surface area (Å²) < 4.78 is 37.4. The topological polar surface area (TPSA) is 55.8 Å². The first-order chi connectivity index (χ1) is 12.0. The first kappa shape index (κ1) is 19.1. The van der Waals surface area contributed by atoms with Crippen molar-refractivity contribution in [1.29, 1.82) is 0 Å². The minimum atomic E-state index is -0.746. The number of nitrogens with zero attached hydrogens (tertiary/aromatic N) is 1. The van der Waals surface area contributed by atoms with Crippen LogP contribution in [0.3, 0.4) is 0 Å². The number of carbonyl (C=O) groups is 2. The molecule has 1 amide bonds. The smallest absolute Gasteiger partial charge is 0.307 e. The third-order valence-corrected chi connectivity index (χ3v) is 3.97. The Labute approximate surface area is 145 Å². The number of esters is 1. The molecule has 25 heavy (non-hydrogen) atoms. The van der Waals surface area contributed by atoms with Crippen LogP contribution in [0.25, 0.3) is 6.08 Å². The summed E-state index contributed by atoms with van der Waals surface area (Å²) in [6, 6.07) is 3.49. The second-order valence-electron chi connectivity index (χ2n) is 5.71. The lowest BCUT2D eigenvalue weighted by Crippen LogP contribution is -2.38. The van der Waals surface area contributed by atoms with Crippen LogP contribution in [0, 0.1) is 11.6 Å². The Bertz CT molecular complexity index is 622. The van der Waals surface area contributed by atoms with Crippen LogP contribution in [0.2, 0.25) is 0 Å². The molecular formula is C18H21F2NO4. The summed E-state index contributed by atoms with van der Waals surface area (Å²) in [6.45, 7) is 1.11. The molecule has 5 nitrogen and oxygen atoms in total. The van der Waals surface area contributed by atoms with E-state index in [9.17, 15) is 18.4 Å². The van der Waals surface area contributed by atoms with Gasteiger partial charge in [-0.3, -0.25) is 9.59 Å². The quantitative estimate of drug-likeness (QED) is 0.558. The van der Waals surface area contributed by atoms with Gasteiger partial charge in [0.2, 0.25) is 5.91 Å². The highest BCUT2D eigenvalue weighted by molar-refractivity contribution is 5.92. The Morgan fingerprint density at radius 3 is 2.68 bits per heavy atom. The molecule has 2 rings (SSSR count). The fraction of sp³-hybridized carbons (Fsp3) is 0.444. The fourth-order valence-electron chi connectivity index (χ4n) is 2.58. The standard InChI is InChI=1S/C18H21F2NO4/c1-24-18(23)9-10-21(12-13-4-3-11-25-13)17(22)8-7-14-15(19)5-2-6-16(14)20/h2,5-8,13H,3-4,9-12H2,1H3. The lowest BCUT2D eigenvalue weighted by molar-refractivity contribution is -0.141. The van der Waals surface area contributed by atoms with Crippen molar-refractivity contribution in [3.8, 4) is 0 Å². The summed E-state index contributed by atoms with van der Waals surface area (Å²) in [5, 5.41) is 0. The van der Waals surface area contributed by atoms with E-state index in [0.29, 0.717) is 13.2 Å². The molecule has 1 aliphatic rings. The second-order valence-corrected chi connectivity index (χ2v) is 5.71. The molecule has 1 aromatic carbocycles. The first-order valence-corrected chi connectivity index (χ1v) is 8.10. The Morgan fingerprint density at radius 1 is 1.36 bits per heavy atom. The molecule has 0 radical (unpaired) electrons. The number of hydrogen-bond donors (Lipinski definition) is 0. The summed E-state index contributed by atoms with van der Waals surface area (Å²) in [5.41, 5.74) is -0.277. The molecule has 0 bridgehead atoms. The number of halogens is 2. The maximum atomic E-state index is 13.6. The SMILES string of the molecule is COC(=O)CCN(CC1CCCO1)C(=O)C=Cc1c(F)cccc1F. The number of ether oxygens (including phenoxy) is 2. The summed E-state index contributed by atoms with van der Waals surface area (Å²) in [5.74, 6) is -2.37. The monoisotopic (exact) mass is 353 g/mol. The number of carbonyl (C=O) groups excluding carboxylic acids is 2. The summed E-state index contributed by atoms with van der Waals surface area (Å²) >= 11 is 0. The van der Waals surface area contributed by atoms with Crippen LogP contribution >= 0.6 is 0 Å². The average molecular weight is 353 g/mol. The third-order valence-electron chi connectivity index (χ3n) is 3.97. The van der Waals surface area contributed by atoms with Crippen LogP contribution in [0.4, 0.5) is 8.78 Å². The number of hydrogen-bond acceptors (Lipinski definition) is 4. The van der Waals surface area contributed by atoms with Crippen LogP contribution in [0.5, 0.6) is 0 Å². The van der Waals surface area contributed by atoms with E-state index in [2.05, 4.69) is 4.74 Å². The van der Waals surface area contributed by atoms with Crippen molar-refractivity contribution in [3.05, 3.63) is 41.5 Å². The fourth-order valence-corrected chi connectivity index (χ4v) is 2.58. The average Bonchev–Trinajstić information content (AvgIpc) is 3.10. The maximum Gasteiger partial charge on any atom is 0.307 e. The zero-order chi connectivity index (χ0) is 18.2. The molecule has 0 N–H and O–H groups in total. The first-order valence-electron chi connectivity index (χ1n) is 8.10. The maximum absolute atomic E-state index is 13.6. The minimum Gasteiger partial charge on any atom is -0.469 e. The van der Waals surface area contributed by atoms with E-state index >= 15 is 0 Å². The van der Waals surface area contributed by atoms with Gasteiger partial charge in [-0.15, -0.1) is 0 Å². The molecule has 1 saturated heterocycles. The Hall–Kier alpha value is -2.28. The lowest BCUT2D eigenvalue weighted by atomic mass is 10.1. The molecule has 1 aliphatic heterocycles. The molecular weight excluding hydrogens is 332 g/mol. The van der Waals surface area contributed by atoms with E-state index in [-0.39, 0.29) is 24.6 Å². The molecule has 1 heterocycles. The zero-order valence-corrected chi connectivity index (χ0v) is 14.0. The number of methoxy groups -OCH3 is 1. The lowest BCUT2D eigenvalue weighted by Gasteiger charge is -2.24. The van der Waals surface area contributed by atoms with Gasteiger partial charge in [0.1, 0.15) is 11.6 Å². The Morgan fingerprint density at radius 2 is 2.08 bits per heavy atom. The molecule has 7 heteroatoms.